The fourth-order valence-electron chi connectivity index (χ4n) is 3.38. The molecule has 8 heteroatoms. The van der Waals surface area contributed by atoms with Crippen LogP contribution in [0.25, 0.3) is 11.0 Å². The molecule has 2 aromatic rings. The Balaban J connectivity index is 1.76. The maximum Gasteiger partial charge on any atom is 0.293 e. The molecule has 0 aliphatic carbocycles. The highest BCUT2D eigenvalue weighted by Crippen LogP contribution is 2.16. The van der Waals surface area contributed by atoms with Crippen molar-refractivity contribution in [1.29, 1.82) is 0 Å². The van der Waals surface area contributed by atoms with Gasteiger partial charge in [-0.3, -0.25) is 4.79 Å². The molecule has 3 heterocycles. The quantitative estimate of drug-likeness (QED) is 0.521. The summed E-state index contributed by atoms with van der Waals surface area (Å²) in [7, 11) is 0. The Morgan fingerprint density at radius 3 is 2.81 bits per heavy atom. The Kier molecular flexibility index (Phi) is 7.43. The van der Waals surface area contributed by atoms with Crippen molar-refractivity contribution in [2.24, 2.45) is 0 Å². The molecule has 1 N–H and O–H groups in total. The van der Waals surface area contributed by atoms with Gasteiger partial charge in [0.2, 0.25) is 0 Å². The zero-order valence-corrected chi connectivity index (χ0v) is 16.7. The van der Waals surface area contributed by atoms with Gasteiger partial charge in [-0.2, -0.15) is 0 Å². The molecule has 0 saturated carbocycles. The Labute approximate surface area is 164 Å². The lowest BCUT2D eigenvalue weighted by atomic mass is 10.1. The zero-order chi connectivity index (χ0) is 19.1. The van der Waals surface area contributed by atoms with E-state index in [1.165, 1.54) is 19.3 Å². The SMILES string of the molecule is CCCOCCn1c(=O)c(NCCN2CCCCC2)nc2cnc(Cl)cc21. The van der Waals surface area contributed by atoms with E-state index in [1.807, 2.05) is 0 Å². The summed E-state index contributed by atoms with van der Waals surface area (Å²) in [6.07, 6.45) is 6.38. The van der Waals surface area contributed by atoms with Crippen molar-refractivity contribution in [3.63, 3.8) is 0 Å². The lowest BCUT2D eigenvalue weighted by Gasteiger charge is -2.26. The first-order valence-corrected chi connectivity index (χ1v) is 10.2. The van der Waals surface area contributed by atoms with Gasteiger partial charge in [0.05, 0.1) is 18.3 Å². The molecule has 7 nitrogen and oxygen atoms in total. The van der Waals surface area contributed by atoms with Gasteiger partial charge >= 0.3 is 0 Å². The van der Waals surface area contributed by atoms with E-state index < -0.39 is 0 Å². The van der Waals surface area contributed by atoms with Gasteiger partial charge in [-0.05, 0) is 32.4 Å². The Morgan fingerprint density at radius 1 is 1.22 bits per heavy atom. The first-order valence-electron chi connectivity index (χ1n) is 9.79. The maximum absolute atomic E-state index is 12.9. The normalized spacial score (nSPS) is 15.3. The number of piperidine rings is 1. The summed E-state index contributed by atoms with van der Waals surface area (Å²) < 4.78 is 7.24. The third kappa shape index (κ3) is 5.40. The van der Waals surface area contributed by atoms with Crippen molar-refractivity contribution >= 4 is 28.5 Å². The first kappa shape index (κ1) is 20.0. The van der Waals surface area contributed by atoms with Gasteiger partial charge in [-0.15, -0.1) is 0 Å². The number of fused-ring (bicyclic) bond motifs is 1. The zero-order valence-electron chi connectivity index (χ0n) is 15.9. The van der Waals surface area contributed by atoms with Gasteiger partial charge < -0.3 is 19.5 Å². The van der Waals surface area contributed by atoms with Crippen LogP contribution in [-0.2, 0) is 11.3 Å². The highest BCUT2D eigenvalue weighted by molar-refractivity contribution is 6.29. The highest BCUT2D eigenvalue weighted by Gasteiger charge is 2.13. The van der Waals surface area contributed by atoms with Crippen molar-refractivity contribution in [2.75, 3.05) is 44.7 Å². The van der Waals surface area contributed by atoms with Crippen LogP contribution in [0.1, 0.15) is 32.6 Å². The summed E-state index contributed by atoms with van der Waals surface area (Å²) in [5.41, 5.74) is 1.18. The summed E-state index contributed by atoms with van der Waals surface area (Å²) in [4.78, 5) is 24.0. The van der Waals surface area contributed by atoms with Crippen LogP contribution in [0.2, 0.25) is 5.15 Å². The lowest BCUT2D eigenvalue weighted by Crippen LogP contribution is -2.35. The number of aromatic nitrogens is 3. The van der Waals surface area contributed by atoms with Gasteiger partial charge in [-0.25, -0.2) is 9.97 Å². The highest BCUT2D eigenvalue weighted by atomic mass is 35.5. The maximum atomic E-state index is 12.9. The molecule has 1 aliphatic rings. The molecule has 0 radical (unpaired) electrons. The number of rotatable bonds is 9. The van der Waals surface area contributed by atoms with Crippen LogP contribution in [0.4, 0.5) is 5.82 Å². The second kappa shape index (κ2) is 10.0. The van der Waals surface area contributed by atoms with Gasteiger partial charge in [-0.1, -0.05) is 24.9 Å². The predicted octanol–water partition coefficient (Wildman–Crippen LogP) is 2.77. The summed E-state index contributed by atoms with van der Waals surface area (Å²) in [6, 6.07) is 1.68. The Bertz CT molecular complexity index is 805. The van der Waals surface area contributed by atoms with E-state index in [1.54, 1.807) is 16.8 Å². The van der Waals surface area contributed by atoms with Gasteiger partial charge in [0.1, 0.15) is 10.7 Å². The van der Waals surface area contributed by atoms with Crippen LogP contribution in [0.5, 0.6) is 0 Å². The minimum absolute atomic E-state index is 0.150. The average molecular weight is 394 g/mol. The fourth-order valence-corrected chi connectivity index (χ4v) is 3.53. The van der Waals surface area contributed by atoms with Crippen LogP contribution in [0.3, 0.4) is 0 Å². The second-order valence-corrected chi connectivity index (χ2v) is 7.24. The van der Waals surface area contributed by atoms with Crippen LogP contribution >= 0.6 is 11.6 Å². The van der Waals surface area contributed by atoms with E-state index >= 15 is 0 Å². The Hall–Kier alpha value is -1.70. The van der Waals surface area contributed by atoms with E-state index in [-0.39, 0.29) is 5.56 Å². The van der Waals surface area contributed by atoms with Crippen molar-refractivity contribution in [1.82, 2.24) is 19.4 Å². The molecular weight excluding hydrogens is 366 g/mol. The van der Waals surface area contributed by atoms with E-state index in [9.17, 15) is 4.79 Å². The van der Waals surface area contributed by atoms with E-state index in [0.717, 1.165) is 26.1 Å². The van der Waals surface area contributed by atoms with Crippen molar-refractivity contribution < 1.29 is 4.74 Å². The monoisotopic (exact) mass is 393 g/mol. The number of nitrogens with zero attached hydrogens (tertiary/aromatic N) is 4. The molecule has 0 atom stereocenters. The Morgan fingerprint density at radius 2 is 2.04 bits per heavy atom. The van der Waals surface area contributed by atoms with Crippen molar-refractivity contribution in [2.45, 2.75) is 39.2 Å². The lowest BCUT2D eigenvalue weighted by molar-refractivity contribution is 0.127. The largest absolute Gasteiger partial charge is 0.380 e. The van der Waals surface area contributed by atoms with Crippen LogP contribution in [0.15, 0.2) is 17.1 Å². The first-order chi connectivity index (χ1) is 13.2. The van der Waals surface area contributed by atoms with E-state index in [4.69, 9.17) is 16.3 Å². The number of likely N-dealkylation sites (tertiary alicyclic amines) is 1. The number of hydrogen-bond donors (Lipinski definition) is 1. The summed E-state index contributed by atoms with van der Waals surface area (Å²) >= 11 is 6.03. The smallest absolute Gasteiger partial charge is 0.293 e. The molecule has 0 unspecified atom stereocenters. The number of hydrogen-bond acceptors (Lipinski definition) is 6. The van der Waals surface area contributed by atoms with E-state index in [2.05, 4.69) is 27.1 Å². The number of ether oxygens (including phenoxy) is 1. The van der Waals surface area contributed by atoms with Crippen molar-refractivity contribution in [3.8, 4) is 0 Å². The number of pyridine rings is 1. The summed E-state index contributed by atoms with van der Waals surface area (Å²) in [5.74, 6) is 0.360. The van der Waals surface area contributed by atoms with Crippen LogP contribution in [-0.4, -0.2) is 58.8 Å². The standard InChI is InChI=1S/C19H28ClN5O2/c1-2-11-27-12-10-25-16-13-17(20)22-14-15(16)23-18(19(25)26)21-6-9-24-7-4-3-5-8-24/h13-14H,2-12H2,1H3,(H,21,23). The molecule has 2 aromatic heterocycles. The topological polar surface area (TPSA) is 72.3 Å². The molecule has 1 fully saturated rings. The van der Waals surface area contributed by atoms with Crippen LogP contribution in [0, 0.1) is 0 Å². The molecular formula is C19H28ClN5O2. The molecule has 0 bridgehead atoms. The molecule has 27 heavy (non-hydrogen) atoms. The number of halogens is 1. The minimum atomic E-state index is -0.150. The molecule has 1 aliphatic heterocycles. The number of anilines is 1. The molecule has 0 aromatic carbocycles. The molecule has 148 valence electrons. The summed E-state index contributed by atoms with van der Waals surface area (Å²) in [5, 5.41) is 3.57. The summed E-state index contributed by atoms with van der Waals surface area (Å²) in [6.45, 7) is 7.55. The number of nitrogens with one attached hydrogen (secondary N) is 1. The third-order valence-electron chi connectivity index (χ3n) is 4.78. The van der Waals surface area contributed by atoms with Gasteiger partial charge in [0.15, 0.2) is 5.82 Å². The second-order valence-electron chi connectivity index (χ2n) is 6.85. The molecule has 1 saturated heterocycles. The molecule has 0 spiro atoms. The third-order valence-corrected chi connectivity index (χ3v) is 4.98. The minimum Gasteiger partial charge on any atom is -0.380 e. The average Bonchev–Trinajstić information content (AvgIpc) is 2.68. The fraction of sp³-hybridized carbons (Fsp3) is 0.632. The van der Waals surface area contributed by atoms with Gasteiger partial charge in [0, 0.05) is 32.3 Å². The predicted molar refractivity (Wildman–Crippen MR) is 109 cm³/mol. The van der Waals surface area contributed by atoms with E-state index in [0.29, 0.717) is 48.3 Å². The van der Waals surface area contributed by atoms with Crippen LogP contribution < -0.4 is 10.9 Å². The van der Waals surface area contributed by atoms with Gasteiger partial charge in [0.25, 0.3) is 5.56 Å². The molecule has 0 amide bonds. The molecule has 3 rings (SSSR count). The van der Waals surface area contributed by atoms with Crippen molar-refractivity contribution in [3.05, 3.63) is 27.8 Å².